The van der Waals surface area contributed by atoms with Crippen molar-refractivity contribution in [1.82, 2.24) is 5.43 Å². The maximum atomic E-state index is 5.66. The molecule has 0 aliphatic heterocycles. The Balaban J connectivity index is 2.53. The van der Waals surface area contributed by atoms with Crippen molar-refractivity contribution in [2.45, 2.75) is 6.04 Å². The molecule has 0 spiro atoms. The van der Waals surface area contributed by atoms with Crippen LogP contribution < -0.4 is 25.5 Å². The van der Waals surface area contributed by atoms with Crippen molar-refractivity contribution in [2.24, 2.45) is 5.84 Å². The molecular formula is C14H18N2O4. The summed E-state index contributed by atoms with van der Waals surface area (Å²) in [5, 5.41) is 0. The number of nitrogens with one attached hydrogen (secondary N) is 1. The smallest absolute Gasteiger partial charge is 0.164 e. The molecule has 0 saturated carbocycles. The van der Waals surface area contributed by atoms with Crippen LogP contribution >= 0.6 is 0 Å². The molecule has 0 fully saturated rings. The predicted molar refractivity (Wildman–Crippen MR) is 74.0 cm³/mol. The molecule has 0 aliphatic carbocycles. The average Bonchev–Trinajstić information content (AvgIpc) is 3.01. The van der Waals surface area contributed by atoms with E-state index in [4.69, 9.17) is 24.5 Å². The van der Waals surface area contributed by atoms with Gasteiger partial charge in [0.05, 0.1) is 39.9 Å². The fourth-order valence-electron chi connectivity index (χ4n) is 2.08. The minimum atomic E-state index is -0.275. The molecule has 6 heteroatoms. The average molecular weight is 278 g/mol. The highest BCUT2D eigenvalue weighted by Gasteiger charge is 2.21. The zero-order valence-corrected chi connectivity index (χ0v) is 11.7. The molecule has 0 saturated heterocycles. The van der Waals surface area contributed by atoms with Crippen LogP contribution in [-0.2, 0) is 0 Å². The zero-order valence-electron chi connectivity index (χ0n) is 11.7. The Bertz CT molecular complexity index is 555. The normalized spacial score (nSPS) is 12.0. The first-order chi connectivity index (χ1) is 9.74. The van der Waals surface area contributed by atoms with Gasteiger partial charge < -0.3 is 18.6 Å². The van der Waals surface area contributed by atoms with E-state index in [-0.39, 0.29) is 6.04 Å². The van der Waals surface area contributed by atoms with Gasteiger partial charge in [0.2, 0.25) is 0 Å². The van der Waals surface area contributed by atoms with Crippen molar-refractivity contribution >= 4 is 0 Å². The molecular weight excluding hydrogens is 260 g/mol. The molecule has 0 radical (unpaired) electrons. The Morgan fingerprint density at radius 3 is 2.20 bits per heavy atom. The molecule has 108 valence electrons. The van der Waals surface area contributed by atoms with Crippen LogP contribution in [0.25, 0.3) is 0 Å². The van der Waals surface area contributed by atoms with Crippen LogP contribution in [0.1, 0.15) is 17.2 Å². The molecule has 0 bridgehead atoms. The number of hydrogen-bond acceptors (Lipinski definition) is 6. The Labute approximate surface area is 117 Å². The number of hydrogen-bond donors (Lipinski definition) is 2. The topological polar surface area (TPSA) is 78.9 Å². The van der Waals surface area contributed by atoms with Crippen molar-refractivity contribution < 1.29 is 18.6 Å². The summed E-state index contributed by atoms with van der Waals surface area (Å²) in [5.41, 5.74) is 4.46. The van der Waals surface area contributed by atoms with Gasteiger partial charge in [0.25, 0.3) is 0 Å². The highest BCUT2D eigenvalue weighted by Crippen LogP contribution is 2.39. The van der Waals surface area contributed by atoms with E-state index in [0.29, 0.717) is 17.2 Å². The van der Waals surface area contributed by atoms with Gasteiger partial charge in [-0.3, -0.25) is 5.84 Å². The van der Waals surface area contributed by atoms with Gasteiger partial charge in [-0.05, 0) is 12.1 Å². The quantitative estimate of drug-likeness (QED) is 0.620. The van der Waals surface area contributed by atoms with Crippen molar-refractivity contribution in [2.75, 3.05) is 21.3 Å². The van der Waals surface area contributed by atoms with Crippen molar-refractivity contribution in [1.29, 1.82) is 0 Å². The van der Waals surface area contributed by atoms with E-state index in [1.54, 1.807) is 39.9 Å². The summed E-state index contributed by atoms with van der Waals surface area (Å²) in [6.45, 7) is 0. The van der Waals surface area contributed by atoms with Crippen LogP contribution in [0.3, 0.4) is 0 Å². The van der Waals surface area contributed by atoms with E-state index in [1.165, 1.54) is 0 Å². The third-order valence-electron chi connectivity index (χ3n) is 3.09. The van der Waals surface area contributed by atoms with Crippen LogP contribution in [-0.4, -0.2) is 21.3 Å². The summed E-state index contributed by atoms with van der Waals surface area (Å²) in [4.78, 5) is 0. The second kappa shape index (κ2) is 6.31. The van der Waals surface area contributed by atoms with Crippen LogP contribution in [0.4, 0.5) is 0 Å². The monoisotopic (exact) mass is 278 g/mol. The summed E-state index contributed by atoms with van der Waals surface area (Å²) < 4.78 is 21.1. The molecule has 2 rings (SSSR count). The van der Waals surface area contributed by atoms with E-state index >= 15 is 0 Å². The summed E-state index contributed by atoms with van der Waals surface area (Å²) in [7, 11) is 4.75. The van der Waals surface area contributed by atoms with Crippen LogP contribution in [0.5, 0.6) is 17.2 Å². The van der Waals surface area contributed by atoms with Gasteiger partial charge in [-0.15, -0.1) is 0 Å². The Morgan fingerprint density at radius 2 is 1.70 bits per heavy atom. The Kier molecular flexibility index (Phi) is 4.49. The molecule has 0 aliphatic rings. The lowest BCUT2D eigenvalue weighted by atomic mass is 10.00. The summed E-state index contributed by atoms with van der Waals surface area (Å²) in [6.07, 6.45) is 3.22. The number of benzene rings is 1. The second-order valence-electron chi connectivity index (χ2n) is 4.11. The largest absolute Gasteiger partial charge is 0.496 e. The lowest BCUT2D eigenvalue weighted by Crippen LogP contribution is -2.28. The second-order valence-corrected chi connectivity index (χ2v) is 4.11. The number of hydrazine groups is 1. The number of methoxy groups -OCH3 is 3. The molecule has 1 aromatic carbocycles. The third-order valence-corrected chi connectivity index (χ3v) is 3.09. The molecule has 3 N–H and O–H groups in total. The number of furan rings is 1. The van der Waals surface area contributed by atoms with Gasteiger partial charge in [0.1, 0.15) is 5.75 Å². The molecule has 2 aromatic rings. The first-order valence-corrected chi connectivity index (χ1v) is 6.03. The van der Waals surface area contributed by atoms with Crippen LogP contribution in [0.2, 0.25) is 0 Å². The number of nitrogens with two attached hydrogens (primary N) is 1. The molecule has 0 amide bonds. The van der Waals surface area contributed by atoms with Crippen LogP contribution in [0, 0.1) is 0 Å². The van der Waals surface area contributed by atoms with Gasteiger partial charge in [-0.1, -0.05) is 0 Å². The maximum absolute atomic E-state index is 5.66. The minimum absolute atomic E-state index is 0.275. The van der Waals surface area contributed by atoms with Crippen molar-refractivity contribution in [3.63, 3.8) is 0 Å². The van der Waals surface area contributed by atoms with Crippen molar-refractivity contribution in [3.05, 3.63) is 41.9 Å². The summed E-state index contributed by atoms with van der Waals surface area (Å²) >= 11 is 0. The van der Waals surface area contributed by atoms with E-state index in [0.717, 1.165) is 11.1 Å². The lowest BCUT2D eigenvalue weighted by molar-refractivity contribution is 0.346. The van der Waals surface area contributed by atoms with E-state index in [2.05, 4.69) is 5.43 Å². The first kappa shape index (κ1) is 14.2. The first-order valence-electron chi connectivity index (χ1n) is 6.03. The summed E-state index contributed by atoms with van der Waals surface area (Å²) in [6, 6.07) is 5.15. The van der Waals surface area contributed by atoms with E-state index < -0.39 is 0 Å². The fourth-order valence-corrected chi connectivity index (χ4v) is 2.08. The lowest BCUT2D eigenvalue weighted by Gasteiger charge is -2.20. The zero-order chi connectivity index (χ0) is 14.5. The van der Waals surface area contributed by atoms with Gasteiger partial charge >= 0.3 is 0 Å². The highest BCUT2D eigenvalue weighted by atomic mass is 16.5. The Morgan fingerprint density at radius 1 is 1.05 bits per heavy atom. The molecule has 1 aromatic heterocycles. The SMILES string of the molecule is COc1cc(OC)c(C(NN)c2ccoc2)cc1OC. The minimum Gasteiger partial charge on any atom is -0.496 e. The third kappa shape index (κ3) is 2.56. The van der Waals surface area contributed by atoms with Crippen LogP contribution in [0.15, 0.2) is 35.1 Å². The van der Waals surface area contributed by atoms with E-state index in [9.17, 15) is 0 Å². The Hall–Kier alpha value is -2.18. The number of ether oxygens (including phenoxy) is 3. The predicted octanol–water partition coefficient (Wildman–Crippen LogP) is 1.86. The standard InChI is InChI=1S/C14H18N2O4/c1-17-11-7-13(19-3)12(18-2)6-10(11)14(16-15)9-4-5-20-8-9/h4-8,14,16H,15H2,1-3H3. The molecule has 1 heterocycles. The molecule has 20 heavy (non-hydrogen) atoms. The van der Waals surface area contributed by atoms with Gasteiger partial charge in [-0.2, -0.15) is 0 Å². The number of rotatable bonds is 6. The van der Waals surface area contributed by atoms with Gasteiger partial charge in [-0.25, -0.2) is 5.43 Å². The van der Waals surface area contributed by atoms with Gasteiger partial charge in [0, 0.05) is 17.2 Å². The fraction of sp³-hybridized carbons (Fsp3) is 0.286. The van der Waals surface area contributed by atoms with Gasteiger partial charge in [0.15, 0.2) is 11.5 Å². The summed E-state index contributed by atoms with van der Waals surface area (Å²) in [5.74, 6) is 7.50. The van der Waals surface area contributed by atoms with Crippen molar-refractivity contribution in [3.8, 4) is 17.2 Å². The molecule has 1 unspecified atom stereocenters. The highest BCUT2D eigenvalue weighted by molar-refractivity contribution is 5.53. The molecule has 6 nitrogen and oxygen atoms in total. The molecule has 1 atom stereocenters. The van der Waals surface area contributed by atoms with E-state index in [1.807, 2.05) is 12.1 Å². The maximum Gasteiger partial charge on any atom is 0.164 e.